The molecule has 1 aromatic rings. The molecular weight excluding hydrogens is 252 g/mol. The summed E-state index contributed by atoms with van der Waals surface area (Å²) in [5.74, 6) is 0.880. The first kappa shape index (κ1) is 13.6. The number of nitrogens with zero attached hydrogens (tertiary/aromatic N) is 1. The number of rotatable bonds is 4. The molecule has 0 radical (unpaired) electrons. The van der Waals surface area contributed by atoms with Gasteiger partial charge in [-0.15, -0.1) is 11.3 Å². The average molecular weight is 278 g/mol. The molecule has 2 unspecified atom stereocenters. The van der Waals surface area contributed by atoms with Gasteiger partial charge < -0.3 is 5.32 Å². The highest BCUT2D eigenvalue weighted by Gasteiger charge is 2.43. The Labute approximate surface area is 121 Å². The van der Waals surface area contributed by atoms with E-state index >= 15 is 0 Å². The number of aromatic nitrogens is 1. The quantitative estimate of drug-likeness (QED) is 0.899. The van der Waals surface area contributed by atoms with Crippen LogP contribution in [0.2, 0.25) is 0 Å². The third-order valence-corrected chi connectivity index (χ3v) is 6.13. The van der Waals surface area contributed by atoms with E-state index in [0.29, 0.717) is 6.04 Å². The maximum atomic E-state index is 5.02. The minimum atomic E-state index is 0.184. The molecule has 0 amide bonds. The molecule has 0 saturated heterocycles. The van der Waals surface area contributed by atoms with E-state index in [1.165, 1.54) is 55.6 Å². The fourth-order valence-corrected chi connectivity index (χ4v) is 5.17. The third kappa shape index (κ3) is 2.47. The zero-order valence-electron chi connectivity index (χ0n) is 12.5. The van der Waals surface area contributed by atoms with Gasteiger partial charge in [-0.2, -0.15) is 0 Å². The molecule has 1 fully saturated rings. The molecule has 1 saturated carbocycles. The Hall–Kier alpha value is -0.410. The molecule has 0 spiro atoms. The van der Waals surface area contributed by atoms with Gasteiger partial charge in [0.1, 0.15) is 5.01 Å². The second kappa shape index (κ2) is 5.17. The predicted octanol–water partition coefficient (Wildman–Crippen LogP) is 4.04. The van der Waals surface area contributed by atoms with E-state index in [4.69, 9.17) is 4.98 Å². The van der Waals surface area contributed by atoms with E-state index in [1.807, 2.05) is 11.3 Å². The Balaban J connectivity index is 1.90. The first-order chi connectivity index (χ1) is 9.13. The van der Waals surface area contributed by atoms with E-state index in [9.17, 15) is 0 Å². The Kier molecular flexibility index (Phi) is 3.69. The summed E-state index contributed by atoms with van der Waals surface area (Å²) in [6.07, 6.45) is 9.02. The minimum Gasteiger partial charge on any atom is -0.303 e. The van der Waals surface area contributed by atoms with Gasteiger partial charge in [0.2, 0.25) is 0 Å². The molecule has 0 bridgehead atoms. The fourth-order valence-electron chi connectivity index (χ4n) is 3.83. The van der Waals surface area contributed by atoms with Crippen LogP contribution in [0.4, 0.5) is 0 Å². The lowest BCUT2D eigenvalue weighted by Gasteiger charge is -2.31. The SMILES string of the molecule is CCC1CCC(NC(C)C)(c2nc3c(s2)CCC3)C1. The van der Waals surface area contributed by atoms with Crippen LogP contribution in [0, 0.1) is 5.92 Å². The number of hydrogen-bond donors (Lipinski definition) is 1. The lowest BCUT2D eigenvalue weighted by atomic mass is 9.94. The summed E-state index contributed by atoms with van der Waals surface area (Å²) in [7, 11) is 0. The smallest absolute Gasteiger partial charge is 0.113 e. The van der Waals surface area contributed by atoms with Gasteiger partial charge in [-0.05, 0) is 58.3 Å². The number of nitrogens with one attached hydrogen (secondary N) is 1. The van der Waals surface area contributed by atoms with Crippen molar-refractivity contribution in [2.45, 2.75) is 77.3 Å². The number of hydrogen-bond acceptors (Lipinski definition) is 3. The van der Waals surface area contributed by atoms with Crippen LogP contribution in [0.15, 0.2) is 0 Å². The van der Waals surface area contributed by atoms with Crippen molar-refractivity contribution in [1.29, 1.82) is 0 Å². The molecule has 3 rings (SSSR count). The first-order valence-electron chi connectivity index (χ1n) is 7.89. The summed E-state index contributed by atoms with van der Waals surface area (Å²) < 4.78 is 0. The van der Waals surface area contributed by atoms with Crippen molar-refractivity contribution in [3.8, 4) is 0 Å². The standard InChI is InChI=1S/C16H26N2S/c1-4-12-8-9-16(10-12,18-11(2)3)15-17-13-6-5-7-14(13)19-15/h11-12,18H,4-10H2,1-3H3. The van der Waals surface area contributed by atoms with Gasteiger partial charge in [0.05, 0.1) is 11.2 Å². The normalized spacial score (nSPS) is 30.2. The van der Waals surface area contributed by atoms with Crippen molar-refractivity contribution in [1.82, 2.24) is 10.3 Å². The van der Waals surface area contributed by atoms with E-state index in [1.54, 1.807) is 4.88 Å². The molecule has 2 aliphatic carbocycles. The van der Waals surface area contributed by atoms with Crippen LogP contribution in [0.3, 0.4) is 0 Å². The van der Waals surface area contributed by atoms with Crippen LogP contribution in [-0.2, 0) is 18.4 Å². The van der Waals surface area contributed by atoms with Gasteiger partial charge in [-0.1, -0.05) is 13.3 Å². The Morgan fingerprint density at radius 3 is 2.89 bits per heavy atom. The van der Waals surface area contributed by atoms with Gasteiger partial charge in [-0.3, -0.25) is 0 Å². The lowest BCUT2D eigenvalue weighted by Crippen LogP contribution is -2.44. The van der Waals surface area contributed by atoms with Crippen LogP contribution >= 0.6 is 11.3 Å². The van der Waals surface area contributed by atoms with Crippen LogP contribution in [0.1, 0.15) is 68.5 Å². The monoisotopic (exact) mass is 278 g/mol. The Morgan fingerprint density at radius 1 is 1.42 bits per heavy atom. The van der Waals surface area contributed by atoms with Crippen LogP contribution in [-0.4, -0.2) is 11.0 Å². The predicted molar refractivity (Wildman–Crippen MR) is 81.7 cm³/mol. The molecule has 2 nitrogen and oxygen atoms in total. The summed E-state index contributed by atoms with van der Waals surface area (Å²) in [6.45, 7) is 6.86. The topological polar surface area (TPSA) is 24.9 Å². The molecule has 1 N–H and O–H groups in total. The van der Waals surface area contributed by atoms with Gasteiger partial charge in [0.25, 0.3) is 0 Å². The highest BCUT2D eigenvalue weighted by molar-refractivity contribution is 7.12. The van der Waals surface area contributed by atoms with E-state index in [2.05, 4.69) is 26.1 Å². The summed E-state index contributed by atoms with van der Waals surface area (Å²) in [6, 6.07) is 0.536. The highest BCUT2D eigenvalue weighted by Crippen LogP contribution is 2.46. The maximum Gasteiger partial charge on any atom is 0.113 e. The second-order valence-corrected chi connectivity index (χ2v) is 7.72. The molecule has 1 aromatic heterocycles. The second-order valence-electron chi connectivity index (χ2n) is 6.64. The van der Waals surface area contributed by atoms with Gasteiger partial charge in [0.15, 0.2) is 0 Å². The van der Waals surface area contributed by atoms with Crippen molar-refractivity contribution in [3.05, 3.63) is 15.6 Å². The molecular formula is C16H26N2S. The van der Waals surface area contributed by atoms with Gasteiger partial charge in [-0.25, -0.2) is 4.98 Å². The molecule has 0 aromatic carbocycles. The van der Waals surface area contributed by atoms with E-state index in [-0.39, 0.29) is 5.54 Å². The van der Waals surface area contributed by atoms with Crippen molar-refractivity contribution in [2.75, 3.05) is 0 Å². The van der Waals surface area contributed by atoms with E-state index in [0.717, 1.165) is 5.92 Å². The number of aryl methyl sites for hydroxylation is 2. The van der Waals surface area contributed by atoms with Crippen LogP contribution in [0.5, 0.6) is 0 Å². The summed E-state index contributed by atoms with van der Waals surface area (Å²) in [5.41, 5.74) is 1.59. The summed E-state index contributed by atoms with van der Waals surface area (Å²) in [5, 5.41) is 5.26. The van der Waals surface area contributed by atoms with Crippen LogP contribution < -0.4 is 5.32 Å². The Bertz CT molecular complexity index is 430. The first-order valence-corrected chi connectivity index (χ1v) is 8.71. The van der Waals surface area contributed by atoms with Gasteiger partial charge in [0, 0.05) is 10.9 Å². The Morgan fingerprint density at radius 2 is 2.26 bits per heavy atom. The van der Waals surface area contributed by atoms with Crippen molar-refractivity contribution >= 4 is 11.3 Å². The number of fused-ring (bicyclic) bond motifs is 1. The molecule has 19 heavy (non-hydrogen) atoms. The molecule has 3 heteroatoms. The minimum absolute atomic E-state index is 0.184. The average Bonchev–Trinajstić information content (AvgIpc) is 3.00. The molecule has 0 aliphatic heterocycles. The molecule has 2 aliphatic rings. The molecule has 1 heterocycles. The van der Waals surface area contributed by atoms with Crippen LogP contribution in [0.25, 0.3) is 0 Å². The molecule has 106 valence electrons. The lowest BCUT2D eigenvalue weighted by molar-refractivity contribution is 0.297. The highest BCUT2D eigenvalue weighted by atomic mass is 32.1. The largest absolute Gasteiger partial charge is 0.303 e. The fraction of sp³-hybridized carbons (Fsp3) is 0.812. The molecule has 2 atom stereocenters. The maximum absolute atomic E-state index is 5.02. The third-order valence-electron chi connectivity index (χ3n) is 4.76. The summed E-state index contributed by atoms with van der Waals surface area (Å²) >= 11 is 2.00. The van der Waals surface area contributed by atoms with Crippen molar-refractivity contribution in [3.63, 3.8) is 0 Å². The zero-order valence-corrected chi connectivity index (χ0v) is 13.3. The van der Waals surface area contributed by atoms with E-state index < -0.39 is 0 Å². The zero-order chi connectivity index (χ0) is 13.5. The van der Waals surface area contributed by atoms with Crippen molar-refractivity contribution in [2.24, 2.45) is 5.92 Å². The van der Waals surface area contributed by atoms with Crippen molar-refractivity contribution < 1.29 is 0 Å². The summed E-state index contributed by atoms with van der Waals surface area (Å²) in [4.78, 5) is 6.59. The van der Waals surface area contributed by atoms with Gasteiger partial charge >= 0.3 is 0 Å². The number of thiazole rings is 1.